The van der Waals surface area contributed by atoms with Gasteiger partial charge >= 0.3 is 12.1 Å². The summed E-state index contributed by atoms with van der Waals surface area (Å²) in [6.07, 6.45) is 2.43. The van der Waals surface area contributed by atoms with Crippen LogP contribution >= 0.6 is 11.3 Å². The molecule has 59 heavy (non-hydrogen) atoms. The summed E-state index contributed by atoms with van der Waals surface area (Å²) in [7, 11) is 1.75. The molecule has 2 N–H and O–H groups in total. The van der Waals surface area contributed by atoms with Crippen LogP contribution in [0.25, 0.3) is 20.5 Å². The molecule has 312 valence electrons. The van der Waals surface area contributed by atoms with Crippen molar-refractivity contribution in [2.24, 2.45) is 0 Å². The van der Waals surface area contributed by atoms with E-state index in [0.29, 0.717) is 18.7 Å². The number of hydrogen-bond donors (Lipinski definition) is 2. The maximum absolute atomic E-state index is 13.2. The number of nitrogens with one attached hydrogen (secondary N) is 2. The molecule has 2 heterocycles. The number of nitrogens with zero attached hydrogens (tertiary/aromatic N) is 1. The number of hydrogen-bond acceptors (Lipinski definition) is 9. The number of carbonyl (C=O) groups excluding carboxylic acids is 3. The molecule has 0 radical (unpaired) electrons. The fraction of sp³-hybridized carbons (Fsp3) is 0.396. The summed E-state index contributed by atoms with van der Waals surface area (Å²) in [5, 5.41) is 6.69. The van der Waals surface area contributed by atoms with Crippen molar-refractivity contribution in [1.29, 1.82) is 0 Å². The highest BCUT2D eigenvalue weighted by Gasteiger charge is 2.29. The predicted octanol–water partition coefficient (Wildman–Crippen LogP) is 10.3. The molecule has 5 aromatic rings. The maximum atomic E-state index is 13.2. The second-order valence-electron chi connectivity index (χ2n) is 17.0. The Morgan fingerprint density at radius 2 is 1.53 bits per heavy atom. The van der Waals surface area contributed by atoms with E-state index in [1.165, 1.54) is 24.0 Å². The van der Waals surface area contributed by atoms with E-state index in [1.54, 1.807) is 60.0 Å². The fourth-order valence-corrected chi connectivity index (χ4v) is 8.32. The minimum absolute atomic E-state index is 0.0309. The Bertz CT molecular complexity index is 2220. The van der Waals surface area contributed by atoms with Crippen LogP contribution in [-0.2, 0) is 38.6 Å². The second-order valence-corrected chi connectivity index (χ2v) is 18.1. The third kappa shape index (κ3) is 12.6. The van der Waals surface area contributed by atoms with Crippen molar-refractivity contribution in [2.75, 3.05) is 25.5 Å². The molecule has 1 aliphatic heterocycles. The van der Waals surface area contributed by atoms with Gasteiger partial charge in [0.2, 0.25) is 5.91 Å². The van der Waals surface area contributed by atoms with Crippen molar-refractivity contribution in [1.82, 2.24) is 10.2 Å². The van der Waals surface area contributed by atoms with Crippen LogP contribution in [0.2, 0.25) is 0 Å². The Balaban J connectivity index is 1.20. The lowest BCUT2D eigenvalue weighted by Crippen LogP contribution is -2.46. The van der Waals surface area contributed by atoms with Gasteiger partial charge in [0.25, 0.3) is 0 Å². The van der Waals surface area contributed by atoms with E-state index < -0.39 is 29.3 Å². The predicted molar refractivity (Wildman–Crippen MR) is 235 cm³/mol. The summed E-state index contributed by atoms with van der Waals surface area (Å²) >= 11 is 1.72. The summed E-state index contributed by atoms with van der Waals surface area (Å²) in [4.78, 5) is 42.3. The molecule has 1 aromatic heterocycles. The average Bonchev–Trinajstić information content (AvgIpc) is 3.83. The van der Waals surface area contributed by atoms with Crippen LogP contribution in [0.4, 0.5) is 10.5 Å². The Hall–Kier alpha value is -5.39. The van der Waals surface area contributed by atoms with Gasteiger partial charge in [-0.2, -0.15) is 0 Å². The summed E-state index contributed by atoms with van der Waals surface area (Å²) < 4.78 is 24.1. The molecule has 6 rings (SSSR count). The van der Waals surface area contributed by atoms with Gasteiger partial charge in [0.1, 0.15) is 35.3 Å². The second kappa shape index (κ2) is 19.1. The van der Waals surface area contributed by atoms with Crippen LogP contribution in [0, 0.1) is 0 Å². The number of anilines is 1. The maximum Gasteiger partial charge on any atom is 0.408 e. The van der Waals surface area contributed by atoms with E-state index in [1.807, 2.05) is 48.5 Å². The molecule has 0 saturated carbocycles. The Labute approximate surface area is 352 Å². The van der Waals surface area contributed by atoms with Gasteiger partial charge in [-0.3, -0.25) is 9.69 Å². The van der Waals surface area contributed by atoms with Gasteiger partial charge in [-0.25, -0.2) is 9.59 Å². The number of rotatable bonds is 15. The van der Waals surface area contributed by atoms with Crippen molar-refractivity contribution in [2.45, 2.75) is 104 Å². The minimum atomic E-state index is -1.06. The highest BCUT2D eigenvalue weighted by Crippen LogP contribution is 2.42. The topological polar surface area (TPSA) is 115 Å². The quantitative estimate of drug-likeness (QED) is 0.100. The molecule has 10 nitrogen and oxygen atoms in total. The zero-order valence-corrected chi connectivity index (χ0v) is 36.1. The first-order chi connectivity index (χ1) is 28.1. The third-order valence-corrected chi connectivity index (χ3v) is 11.1. The monoisotopic (exact) mass is 819 g/mol. The molecule has 1 fully saturated rings. The molecule has 0 aliphatic carbocycles. The van der Waals surface area contributed by atoms with E-state index in [-0.39, 0.29) is 18.7 Å². The van der Waals surface area contributed by atoms with E-state index in [2.05, 4.69) is 58.0 Å². The van der Waals surface area contributed by atoms with Gasteiger partial charge < -0.3 is 29.6 Å². The van der Waals surface area contributed by atoms with Crippen molar-refractivity contribution in [3.8, 4) is 21.9 Å². The molecule has 0 unspecified atom stereocenters. The molecule has 0 bridgehead atoms. The summed E-state index contributed by atoms with van der Waals surface area (Å²) in [6.45, 7) is 14.1. The zero-order chi connectivity index (χ0) is 42.2. The van der Waals surface area contributed by atoms with Gasteiger partial charge in [-0.1, -0.05) is 54.6 Å². The van der Waals surface area contributed by atoms with E-state index in [4.69, 9.17) is 18.9 Å². The van der Waals surface area contributed by atoms with Crippen LogP contribution in [-0.4, -0.2) is 60.3 Å². The normalized spacial score (nSPS) is 13.8. The molecule has 4 aromatic carbocycles. The number of esters is 1. The lowest BCUT2D eigenvalue weighted by Gasteiger charge is -2.26. The third-order valence-electron chi connectivity index (χ3n) is 9.81. The number of methoxy groups -OCH3 is 1. The van der Waals surface area contributed by atoms with Gasteiger partial charge in [-0.15, -0.1) is 11.3 Å². The van der Waals surface area contributed by atoms with E-state index in [0.717, 1.165) is 62.8 Å². The van der Waals surface area contributed by atoms with E-state index >= 15 is 0 Å². The highest BCUT2D eigenvalue weighted by atomic mass is 32.1. The first-order valence-electron chi connectivity index (χ1n) is 20.4. The van der Waals surface area contributed by atoms with Crippen molar-refractivity contribution in [3.05, 3.63) is 113 Å². The Morgan fingerprint density at radius 3 is 2.20 bits per heavy atom. The number of ether oxygens (including phenoxy) is 4. The lowest BCUT2D eigenvalue weighted by atomic mass is 9.97. The standard InChI is InChI=1S/C48H57N3O7S/c1-47(2,3)57-45(53)40(50-46(54)58-48(4,5)6)23-24-43(52)49-36-19-17-34(18-20-36)44-39(27-33-15-16-35(41(28-33)55-7)30-51-25-11-12-26-51)38-22-21-37(29-42(38)59-44)56-31-32-13-9-8-10-14-32/h8-10,13-22,28-29,40H,11-12,23-27,30-31H2,1-7H3,(H,49,52)(H,50,54)/t40-/m0/s1. The van der Waals surface area contributed by atoms with Crippen LogP contribution in [0.15, 0.2) is 91.0 Å². The fourth-order valence-electron chi connectivity index (χ4n) is 7.06. The van der Waals surface area contributed by atoms with Gasteiger partial charge in [0.05, 0.1) is 7.11 Å². The molecule has 1 atom stereocenters. The van der Waals surface area contributed by atoms with Gasteiger partial charge in [0.15, 0.2) is 0 Å². The largest absolute Gasteiger partial charge is 0.496 e. The highest BCUT2D eigenvalue weighted by molar-refractivity contribution is 7.22. The van der Waals surface area contributed by atoms with Crippen LogP contribution < -0.4 is 20.1 Å². The van der Waals surface area contributed by atoms with Crippen LogP contribution in [0.1, 0.15) is 89.5 Å². The Kier molecular flexibility index (Phi) is 14.0. The van der Waals surface area contributed by atoms with Crippen molar-refractivity contribution >= 4 is 45.1 Å². The number of benzene rings is 4. The number of carbonyl (C=O) groups is 3. The average molecular weight is 820 g/mol. The van der Waals surface area contributed by atoms with Crippen molar-refractivity contribution in [3.63, 3.8) is 0 Å². The molecular formula is C48H57N3O7S. The minimum Gasteiger partial charge on any atom is -0.496 e. The summed E-state index contributed by atoms with van der Waals surface area (Å²) in [5.74, 6) is 0.781. The molecule has 1 saturated heterocycles. The van der Waals surface area contributed by atoms with Crippen molar-refractivity contribution < 1.29 is 33.3 Å². The summed E-state index contributed by atoms with van der Waals surface area (Å²) in [6, 6.07) is 29.8. The smallest absolute Gasteiger partial charge is 0.408 e. The number of alkyl carbamates (subject to hydrolysis) is 1. The molecule has 0 spiro atoms. The first kappa shape index (κ1) is 43.2. The molecular weight excluding hydrogens is 763 g/mol. The molecule has 2 amide bonds. The molecule has 1 aliphatic rings. The van der Waals surface area contributed by atoms with Crippen LogP contribution in [0.3, 0.4) is 0 Å². The number of likely N-dealkylation sites (tertiary alicyclic amines) is 1. The van der Waals surface area contributed by atoms with Gasteiger partial charge in [-0.05, 0) is 144 Å². The first-order valence-corrected chi connectivity index (χ1v) is 21.2. The number of fused-ring (bicyclic) bond motifs is 1. The SMILES string of the molecule is COc1cc(Cc2c(-c3ccc(NC(=O)CC[C@H](NC(=O)OC(C)(C)C)C(=O)OC(C)(C)C)cc3)sc3cc(OCc4ccccc4)ccc23)ccc1CN1CCCC1. The summed E-state index contributed by atoms with van der Waals surface area (Å²) in [5.41, 5.74) is 4.78. The van der Waals surface area contributed by atoms with Gasteiger partial charge in [0, 0.05) is 33.8 Å². The molecule has 11 heteroatoms. The van der Waals surface area contributed by atoms with E-state index in [9.17, 15) is 14.4 Å². The number of amides is 2. The zero-order valence-electron chi connectivity index (χ0n) is 35.3. The lowest BCUT2D eigenvalue weighted by molar-refractivity contribution is -0.157. The van der Waals surface area contributed by atoms with Crippen LogP contribution in [0.5, 0.6) is 11.5 Å². The Morgan fingerprint density at radius 1 is 0.814 bits per heavy atom. The number of thiophene rings is 1.